The Morgan fingerprint density at radius 2 is 2.20 bits per heavy atom. The van der Waals surface area contributed by atoms with Gasteiger partial charge < -0.3 is 0 Å². The summed E-state index contributed by atoms with van der Waals surface area (Å²) in [6, 6.07) is 1.86. The maximum atomic E-state index is 13.3. The second-order valence-corrected chi connectivity index (χ2v) is 3.20. The first-order valence-electron chi connectivity index (χ1n) is 4.01. The van der Waals surface area contributed by atoms with E-state index in [2.05, 4.69) is 0 Å². The molecular weight excluding hydrogens is 225 g/mol. The zero-order valence-electron chi connectivity index (χ0n) is 7.79. The van der Waals surface area contributed by atoms with Gasteiger partial charge in [0, 0.05) is 6.07 Å². The molecule has 0 unspecified atom stereocenters. The van der Waals surface area contributed by atoms with E-state index in [1.54, 1.807) is 0 Å². The van der Waals surface area contributed by atoms with Crippen molar-refractivity contribution in [2.75, 3.05) is 5.88 Å². The van der Waals surface area contributed by atoms with Crippen molar-refractivity contribution >= 4 is 23.1 Å². The van der Waals surface area contributed by atoms with Gasteiger partial charge in [-0.3, -0.25) is 14.9 Å². The molecule has 0 spiro atoms. The Balaban J connectivity index is 3.33. The Hall–Kier alpha value is -1.49. The number of hydrogen-bond donors (Lipinski definition) is 0. The average Bonchev–Trinajstić information content (AvgIpc) is 2.16. The third-order valence-corrected chi connectivity index (χ3v) is 2.13. The molecule has 4 nitrogen and oxygen atoms in total. The van der Waals surface area contributed by atoms with Gasteiger partial charge in [-0.15, -0.1) is 11.6 Å². The topological polar surface area (TPSA) is 60.2 Å². The van der Waals surface area contributed by atoms with E-state index in [1.165, 1.54) is 6.92 Å². The van der Waals surface area contributed by atoms with E-state index in [4.69, 9.17) is 11.6 Å². The molecule has 0 aromatic heterocycles. The van der Waals surface area contributed by atoms with Crippen molar-refractivity contribution in [3.05, 3.63) is 39.2 Å². The van der Waals surface area contributed by atoms with Crippen LogP contribution < -0.4 is 0 Å². The summed E-state index contributed by atoms with van der Waals surface area (Å²) in [6.45, 7) is 1.43. The molecule has 0 saturated carbocycles. The molecule has 0 aliphatic carbocycles. The van der Waals surface area contributed by atoms with Gasteiger partial charge in [-0.2, -0.15) is 0 Å². The van der Waals surface area contributed by atoms with E-state index < -0.39 is 16.5 Å². The van der Waals surface area contributed by atoms with Gasteiger partial charge in [0.15, 0.2) is 5.78 Å². The predicted molar refractivity (Wildman–Crippen MR) is 52.8 cm³/mol. The molecule has 1 rings (SSSR count). The Labute approximate surface area is 89.8 Å². The zero-order chi connectivity index (χ0) is 11.6. The van der Waals surface area contributed by atoms with Crippen LogP contribution in [-0.4, -0.2) is 16.6 Å². The standard InChI is InChI=1S/C9H7ClFNO3/c1-5-2-6(12(14)15)3-7(11)9(5)8(13)4-10/h2-3H,4H2,1H3. The van der Waals surface area contributed by atoms with Gasteiger partial charge in [-0.1, -0.05) is 0 Å². The molecule has 1 aromatic rings. The van der Waals surface area contributed by atoms with Crippen molar-refractivity contribution in [1.29, 1.82) is 0 Å². The second kappa shape index (κ2) is 4.35. The number of halogens is 2. The average molecular weight is 232 g/mol. The number of Topliss-reactive ketones (excluding diaryl/α,β-unsaturated/α-hetero) is 1. The molecule has 6 heteroatoms. The number of nitrogens with zero attached hydrogens (tertiary/aromatic N) is 1. The Morgan fingerprint density at radius 1 is 1.60 bits per heavy atom. The highest BCUT2D eigenvalue weighted by molar-refractivity contribution is 6.30. The van der Waals surface area contributed by atoms with Crippen LogP contribution in [-0.2, 0) is 0 Å². The summed E-state index contributed by atoms with van der Waals surface area (Å²) in [5, 5.41) is 10.4. The molecular formula is C9H7ClFNO3. The highest BCUT2D eigenvalue weighted by Gasteiger charge is 2.18. The molecule has 15 heavy (non-hydrogen) atoms. The van der Waals surface area contributed by atoms with Crippen molar-refractivity contribution < 1.29 is 14.1 Å². The summed E-state index contributed by atoms with van der Waals surface area (Å²) in [7, 11) is 0. The number of alkyl halides is 1. The molecule has 0 fully saturated rings. The fourth-order valence-electron chi connectivity index (χ4n) is 1.25. The Kier molecular flexibility index (Phi) is 3.36. The minimum Gasteiger partial charge on any atom is -0.293 e. The number of aryl methyl sites for hydroxylation is 1. The van der Waals surface area contributed by atoms with E-state index in [-0.39, 0.29) is 22.7 Å². The maximum absolute atomic E-state index is 13.3. The maximum Gasteiger partial charge on any atom is 0.272 e. The van der Waals surface area contributed by atoms with Crippen molar-refractivity contribution in [1.82, 2.24) is 0 Å². The van der Waals surface area contributed by atoms with Crippen LogP contribution in [0.25, 0.3) is 0 Å². The number of rotatable bonds is 3. The fraction of sp³-hybridized carbons (Fsp3) is 0.222. The van der Waals surface area contributed by atoms with Crippen LogP contribution in [0.3, 0.4) is 0 Å². The number of nitro groups is 1. The van der Waals surface area contributed by atoms with Crippen LogP contribution in [0.15, 0.2) is 12.1 Å². The van der Waals surface area contributed by atoms with Gasteiger partial charge in [-0.05, 0) is 12.5 Å². The van der Waals surface area contributed by atoms with Crippen LogP contribution in [0, 0.1) is 22.9 Å². The highest BCUT2D eigenvalue weighted by Crippen LogP contribution is 2.21. The van der Waals surface area contributed by atoms with Crippen molar-refractivity contribution in [3.8, 4) is 0 Å². The molecule has 1 aromatic carbocycles. The van der Waals surface area contributed by atoms with Crippen molar-refractivity contribution in [2.45, 2.75) is 6.92 Å². The lowest BCUT2D eigenvalue weighted by molar-refractivity contribution is -0.385. The van der Waals surface area contributed by atoms with E-state index in [0.717, 1.165) is 6.07 Å². The molecule has 0 bridgehead atoms. The fourth-order valence-corrected chi connectivity index (χ4v) is 1.38. The minimum atomic E-state index is -0.910. The van der Waals surface area contributed by atoms with E-state index in [0.29, 0.717) is 6.07 Å². The van der Waals surface area contributed by atoms with Crippen LogP contribution in [0.1, 0.15) is 15.9 Å². The number of benzene rings is 1. The summed E-state index contributed by atoms with van der Waals surface area (Å²) in [5.74, 6) is -1.84. The quantitative estimate of drug-likeness (QED) is 0.347. The van der Waals surface area contributed by atoms with Crippen LogP contribution in [0.2, 0.25) is 0 Å². The van der Waals surface area contributed by atoms with Gasteiger partial charge in [0.2, 0.25) is 0 Å². The van der Waals surface area contributed by atoms with Gasteiger partial charge >= 0.3 is 0 Å². The summed E-state index contributed by atoms with van der Waals surface area (Å²) in [5.41, 5.74) is -0.348. The number of nitro benzene ring substituents is 1. The predicted octanol–water partition coefficient (Wildman–Crippen LogP) is 2.46. The summed E-state index contributed by atoms with van der Waals surface area (Å²) >= 11 is 5.28. The first-order chi connectivity index (χ1) is 6.97. The molecule has 0 N–H and O–H groups in total. The first kappa shape index (κ1) is 11.6. The van der Waals surface area contributed by atoms with Crippen molar-refractivity contribution in [2.24, 2.45) is 0 Å². The lowest BCUT2D eigenvalue weighted by atomic mass is 10.0. The van der Waals surface area contributed by atoms with Crippen molar-refractivity contribution in [3.63, 3.8) is 0 Å². The van der Waals surface area contributed by atoms with E-state index in [9.17, 15) is 19.3 Å². The van der Waals surface area contributed by atoms with E-state index in [1.807, 2.05) is 0 Å². The van der Waals surface area contributed by atoms with Crippen LogP contribution in [0.5, 0.6) is 0 Å². The van der Waals surface area contributed by atoms with E-state index >= 15 is 0 Å². The number of carbonyl (C=O) groups is 1. The second-order valence-electron chi connectivity index (χ2n) is 2.93. The minimum absolute atomic E-state index is 0.185. The third kappa shape index (κ3) is 2.30. The molecule has 0 atom stereocenters. The molecule has 0 aliphatic heterocycles. The van der Waals surface area contributed by atoms with Gasteiger partial charge in [0.05, 0.1) is 22.4 Å². The summed E-state index contributed by atoms with van der Waals surface area (Å²) in [6.07, 6.45) is 0. The number of carbonyl (C=O) groups excluding carboxylic acids is 1. The molecule has 0 saturated heterocycles. The molecule has 0 heterocycles. The Bertz CT molecular complexity index is 410. The zero-order valence-corrected chi connectivity index (χ0v) is 8.55. The first-order valence-corrected chi connectivity index (χ1v) is 4.54. The third-order valence-electron chi connectivity index (χ3n) is 1.88. The Morgan fingerprint density at radius 3 is 2.60 bits per heavy atom. The molecule has 0 amide bonds. The monoisotopic (exact) mass is 231 g/mol. The SMILES string of the molecule is Cc1cc([N+](=O)[O-])cc(F)c1C(=O)CCl. The largest absolute Gasteiger partial charge is 0.293 e. The lowest BCUT2D eigenvalue weighted by Gasteiger charge is -2.03. The normalized spacial score (nSPS) is 10.1. The summed E-state index contributed by atoms with van der Waals surface area (Å²) in [4.78, 5) is 20.9. The number of non-ortho nitro benzene ring substituents is 1. The van der Waals surface area contributed by atoms with Gasteiger partial charge in [0.25, 0.3) is 5.69 Å². The van der Waals surface area contributed by atoms with Crippen LogP contribution in [0.4, 0.5) is 10.1 Å². The lowest BCUT2D eigenvalue weighted by Crippen LogP contribution is -2.07. The number of hydrogen-bond acceptors (Lipinski definition) is 3. The molecule has 0 aliphatic rings. The number of ketones is 1. The van der Waals surface area contributed by atoms with Gasteiger partial charge in [0.1, 0.15) is 5.82 Å². The highest BCUT2D eigenvalue weighted by atomic mass is 35.5. The smallest absolute Gasteiger partial charge is 0.272 e. The molecule has 80 valence electrons. The van der Waals surface area contributed by atoms with Crippen LogP contribution >= 0.6 is 11.6 Å². The molecule has 0 radical (unpaired) electrons. The summed E-state index contributed by atoms with van der Waals surface area (Å²) < 4.78 is 13.3. The van der Waals surface area contributed by atoms with Gasteiger partial charge in [-0.25, -0.2) is 4.39 Å².